The van der Waals surface area contributed by atoms with E-state index < -0.39 is 10.8 Å². The number of anilines is 5. The fraction of sp³-hybridized carbons (Fsp3) is 0.119. The third-order valence-electron chi connectivity index (χ3n) is 29.0. The first-order valence-electron chi connectivity index (χ1n) is 43.2. The van der Waals surface area contributed by atoms with Gasteiger partial charge in [0.1, 0.15) is 23.0 Å². The Morgan fingerprint density at radius 3 is 0.984 bits per heavy atom. The van der Waals surface area contributed by atoms with Crippen molar-refractivity contribution in [2.24, 2.45) is 0 Å². The zero-order valence-electron chi connectivity index (χ0n) is 69.9. The van der Waals surface area contributed by atoms with E-state index in [0.717, 1.165) is 66.7 Å². The van der Waals surface area contributed by atoms with Crippen molar-refractivity contribution >= 4 is 65.9 Å². The highest BCUT2D eigenvalue weighted by molar-refractivity contribution is 9.10. The van der Waals surface area contributed by atoms with E-state index in [2.05, 4.69) is 458 Å². The largest absolute Gasteiger partial charge is 0.456 e. The molecular formula is C118H87BrN2O2. The SMILES string of the molecule is Brc1cccc2c1-c1ccccc1C21c2ccccc2Oc2c1ccc1ccccc21.CC1(C)c2ccccc2-c2ccc(N(c3ccc4c(c3)C(C)(C)c3ccccc3-4)c3cccc4c3-c3ccccc3C43c4ccccc4Oc4c3ccc3ccccc43)cc21.CC1(C)c2ccccc2-c2ccc(Nc3ccc4c(c3)C(C)(C)c3ccccc3-4)cc21. The molecule has 0 saturated carbocycles. The van der Waals surface area contributed by atoms with Gasteiger partial charge in [-0.2, -0.15) is 0 Å². The average molecular weight is 1640 g/mol. The average Bonchev–Trinajstić information content (AvgIpc) is 1.55. The van der Waals surface area contributed by atoms with Crippen molar-refractivity contribution in [1.29, 1.82) is 0 Å². The number of hydrogen-bond acceptors (Lipinski definition) is 4. The number of hydrogen-bond donors (Lipinski definition) is 1. The van der Waals surface area contributed by atoms with Gasteiger partial charge >= 0.3 is 0 Å². The lowest BCUT2D eigenvalue weighted by Gasteiger charge is -2.40. The monoisotopic (exact) mass is 1640 g/mol. The molecule has 18 aromatic rings. The Kier molecular flexibility index (Phi) is 15.8. The normalized spacial score (nSPS) is 17.1. The van der Waals surface area contributed by atoms with Gasteiger partial charge in [0, 0.05) is 93.0 Å². The second-order valence-corrected chi connectivity index (χ2v) is 37.5. The van der Waals surface area contributed by atoms with Gasteiger partial charge in [0.15, 0.2) is 0 Å². The lowest BCUT2D eigenvalue weighted by molar-refractivity contribution is 0.441. The summed E-state index contributed by atoms with van der Waals surface area (Å²) in [7, 11) is 0. The van der Waals surface area contributed by atoms with E-state index in [1.54, 1.807) is 0 Å². The number of nitrogens with one attached hydrogen (secondary N) is 1. The highest BCUT2D eigenvalue weighted by atomic mass is 79.9. The number of halogens is 1. The molecule has 0 fully saturated rings. The van der Waals surface area contributed by atoms with Crippen LogP contribution in [-0.4, -0.2) is 0 Å². The quantitative estimate of drug-likeness (QED) is 0.186. The Balaban J connectivity index is 0.000000115. The first-order valence-corrected chi connectivity index (χ1v) is 44.0. The van der Waals surface area contributed by atoms with Gasteiger partial charge in [-0.1, -0.05) is 375 Å². The Labute approximate surface area is 727 Å². The van der Waals surface area contributed by atoms with Crippen LogP contribution in [0.4, 0.5) is 28.4 Å². The summed E-state index contributed by atoms with van der Waals surface area (Å²) < 4.78 is 14.7. The van der Waals surface area contributed by atoms with Gasteiger partial charge in [-0.05, 0) is 206 Å². The summed E-state index contributed by atoms with van der Waals surface area (Å²) in [5, 5.41) is 8.33. The molecule has 1 N–H and O–H groups in total. The zero-order valence-corrected chi connectivity index (χ0v) is 71.5. The standard InChI is InChI=1S/C59H43NO.C30H27N.C29H17BrO/c1-57(2)45-21-10-7-18-40(45)42-31-29-37(34-51(42)57)60(38-30-32-43-41-19-8-11-22-46(41)58(3,4)52(43)35-38)53-26-15-25-49-55(53)44-20-9-12-23-47(44)59(49)48-24-13-14-27-54(48)61-56-39-17-6-5-16-36(39)28-33-50(56)59;1-29(2)25-11-7-5-9-21(25)23-15-13-19(17-27(23)29)31-20-14-16-24-22-10-6-8-12-26(22)30(3,4)28(24)18-20;30-25-14-7-13-23-27(25)20-10-3-4-11-21(20)29(23)22-12-5-6-15-26(22)31-28-19-9-2-1-8-18(19)16-17-24(28)29/h5-35H,1-4H3;5-18,31H,1-4H3;1-17H. The molecule has 2 spiro atoms. The van der Waals surface area contributed by atoms with Crippen LogP contribution in [0.3, 0.4) is 0 Å². The van der Waals surface area contributed by atoms with Gasteiger partial charge in [0.2, 0.25) is 0 Å². The molecule has 0 radical (unpaired) electrons. The molecule has 0 aromatic heterocycles. The minimum Gasteiger partial charge on any atom is -0.456 e. The topological polar surface area (TPSA) is 33.7 Å². The zero-order chi connectivity index (χ0) is 82.8. The molecule has 26 rings (SSSR count). The number of ether oxygens (including phenoxy) is 2. The maximum Gasteiger partial charge on any atom is 0.140 e. The fourth-order valence-corrected chi connectivity index (χ4v) is 23.9. The Morgan fingerprint density at radius 2 is 0.553 bits per heavy atom. The van der Waals surface area contributed by atoms with Crippen molar-refractivity contribution in [3.63, 3.8) is 0 Å². The molecule has 4 nitrogen and oxygen atoms in total. The highest BCUT2D eigenvalue weighted by Gasteiger charge is 2.55. The molecule has 2 heterocycles. The number of para-hydroxylation sites is 2. The molecule has 588 valence electrons. The predicted molar refractivity (Wildman–Crippen MR) is 511 cm³/mol. The van der Waals surface area contributed by atoms with Crippen LogP contribution >= 0.6 is 15.9 Å². The smallest absolute Gasteiger partial charge is 0.140 e. The first-order chi connectivity index (χ1) is 59.9. The molecule has 2 unspecified atom stereocenters. The van der Waals surface area contributed by atoms with Crippen molar-refractivity contribution in [2.45, 2.75) is 87.9 Å². The van der Waals surface area contributed by atoms with Crippen LogP contribution in [0.2, 0.25) is 0 Å². The van der Waals surface area contributed by atoms with Gasteiger partial charge < -0.3 is 19.7 Å². The van der Waals surface area contributed by atoms with Crippen LogP contribution in [0.15, 0.2) is 381 Å². The van der Waals surface area contributed by atoms with Gasteiger partial charge in [-0.25, -0.2) is 0 Å². The molecule has 8 aliphatic rings. The van der Waals surface area contributed by atoms with Crippen molar-refractivity contribution in [1.82, 2.24) is 0 Å². The van der Waals surface area contributed by atoms with Crippen molar-refractivity contribution in [3.8, 4) is 89.8 Å². The van der Waals surface area contributed by atoms with E-state index in [1.165, 1.54) is 167 Å². The van der Waals surface area contributed by atoms with Gasteiger partial charge in [0.05, 0.1) is 16.5 Å². The Morgan fingerprint density at radius 1 is 0.236 bits per heavy atom. The molecule has 0 bridgehead atoms. The molecule has 2 atom stereocenters. The Hall–Kier alpha value is -13.8. The van der Waals surface area contributed by atoms with E-state index in [-0.39, 0.29) is 21.7 Å². The maximum atomic E-state index is 6.99. The summed E-state index contributed by atoms with van der Waals surface area (Å²) in [4.78, 5) is 2.56. The fourth-order valence-electron chi connectivity index (χ4n) is 23.3. The molecule has 5 heteroatoms. The molecule has 6 aliphatic carbocycles. The van der Waals surface area contributed by atoms with Crippen molar-refractivity contribution in [2.75, 3.05) is 10.2 Å². The summed E-state index contributed by atoms with van der Waals surface area (Å²) in [5.74, 6) is 3.72. The van der Waals surface area contributed by atoms with Crippen molar-refractivity contribution in [3.05, 3.63) is 470 Å². The van der Waals surface area contributed by atoms with Crippen LogP contribution < -0.4 is 19.7 Å². The second kappa shape index (κ2) is 26.6. The molecule has 2 aliphatic heterocycles. The summed E-state index contributed by atoms with van der Waals surface area (Å²) in [6.07, 6.45) is 0. The van der Waals surface area contributed by atoms with E-state index >= 15 is 0 Å². The maximum absolute atomic E-state index is 6.99. The van der Waals surface area contributed by atoms with E-state index in [9.17, 15) is 0 Å². The minimum atomic E-state index is -0.606. The summed E-state index contributed by atoms with van der Waals surface area (Å²) in [6.45, 7) is 18.8. The van der Waals surface area contributed by atoms with Gasteiger partial charge in [-0.15, -0.1) is 0 Å². The first kappa shape index (κ1) is 73.1. The molecule has 0 saturated heterocycles. The second-order valence-electron chi connectivity index (χ2n) is 36.6. The Bertz CT molecular complexity index is 7390. The summed E-state index contributed by atoms with van der Waals surface area (Å²) >= 11 is 3.86. The number of rotatable bonds is 5. The molecule has 0 amide bonds. The van der Waals surface area contributed by atoms with E-state index in [4.69, 9.17) is 9.47 Å². The van der Waals surface area contributed by atoms with Crippen LogP contribution in [-0.2, 0) is 32.5 Å². The van der Waals surface area contributed by atoms with E-state index in [1.807, 2.05) is 0 Å². The molecular weight excluding hydrogens is 1560 g/mol. The van der Waals surface area contributed by atoms with E-state index in [0.29, 0.717) is 0 Å². The minimum absolute atomic E-state index is 0.0190. The van der Waals surface area contributed by atoms with Gasteiger partial charge in [-0.3, -0.25) is 0 Å². The van der Waals surface area contributed by atoms with Crippen LogP contribution in [0.1, 0.15) is 144 Å². The number of benzene rings is 18. The predicted octanol–water partition coefficient (Wildman–Crippen LogP) is 31.5. The summed E-state index contributed by atoms with van der Waals surface area (Å²) in [6, 6.07) is 138. The summed E-state index contributed by atoms with van der Waals surface area (Å²) in [5.41, 5.74) is 41.3. The third-order valence-corrected chi connectivity index (χ3v) is 29.6. The van der Waals surface area contributed by atoms with Gasteiger partial charge in [0.25, 0.3) is 0 Å². The van der Waals surface area contributed by atoms with Crippen LogP contribution in [0.5, 0.6) is 23.0 Å². The molecule has 123 heavy (non-hydrogen) atoms. The number of fused-ring (bicyclic) bond motifs is 34. The van der Waals surface area contributed by atoms with Crippen LogP contribution in [0, 0.1) is 0 Å². The number of nitrogens with zero attached hydrogens (tertiary/aromatic N) is 1. The molecule has 18 aromatic carbocycles. The lowest BCUT2D eigenvalue weighted by Crippen LogP contribution is -2.32. The third kappa shape index (κ3) is 10.2. The van der Waals surface area contributed by atoms with Crippen LogP contribution in [0.25, 0.3) is 88.3 Å². The van der Waals surface area contributed by atoms with Crippen molar-refractivity contribution < 1.29 is 9.47 Å². The lowest BCUT2D eigenvalue weighted by atomic mass is 9.65. The highest BCUT2D eigenvalue weighted by Crippen LogP contribution is 2.68.